The molecular weight excluding hydrogens is 522 g/mol. The lowest BCUT2D eigenvalue weighted by Crippen LogP contribution is -2.59. The first-order valence-corrected chi connectivity index (χ1v) is 14.0. The summed E-state index contributed by atoms with van der Waals surface area (Å²) in [5.41, 5.74) is -1.76. The Hall–Kier alpha value is -3.34. The van der Waals surface area contributed by atoms with Gasteiger partial charge in [-0.1, -0.05) is 46.6 Å². The van der Waals surface area contributed by atoms with Gasteiger partial charge in [0, 0.05) is 18.9 Å². The van der Waals surface area contributed by atoms with E-state index in [1.807, 2.05) is 27.7 Å². The van der Waals surface area contributed by atoms with Gasteiger partial charge in [-0.2, -0.15) is 0 Å². The Morgan fingerprint density at radius 1 is 0.850 bits per heavy atom. The van der Waals surface area contributed by atoms with Crippen molar-refractivity contribution in [3.8, 4) is 11.5 Å². The van der Waals surface area contributed by atoms with Crippen LogP contribution >= 0.6 is 0 Å². The average Bonchev–Trinajstić information content (AvgIpc) is 2.89. The molecule has 0 aromatic heterocycles. The molecule has 1 rings (SSSR count). The first-order chi connectivity index (χ1) is 18.9. The Kier molecular flexibility index (Phi) is 15.1. The number of carbonyl (C=O) groups is 4. The van der Waals surface area contributed by atoms with Crippen molar-refractivity contribution in [1.82, 2.24) is 5.32 Å². The van der Waals surface area contributed by atoms with E-state index in [0.717, 1.165) is 12.8 Å². The molecular formula is C29H45NO10. The highest BCUT2D eigenvalue weighted by Crippen LogP contribution is 2.32. The topological polar surface area (TPSA) is 147 Å². The van der Waals surface area contributed by atoms with Crippen molar-refractivity contribution in [2.45, 2.75) is 124 Å². The summed E-state index contributed by atoms with van der Waals surface area (Å²) in [6.45, 7) is 12.7. The van der Waals surface area contributed by atoms with Crippen molar-refractivity contribution in [3.63, 3.8) is 0 Å². The molecule has 0 aliphatic heterocycles. The van der Waals surface area contributed by atoms with Crippen LogP contribution in [0.15, 0.2) is 18.2 Å². The molecule has 0 aliphatic carbocycles. The van der Waals surface area contributed by atoms with Gasteiger partial charge in [0.2, 0.25) is 0 Å². The van der Waals surface area contributed by atoms with E-state index in [1.54, 1.807) is 20.8 Å². The first kappa shape index (κ1) is 34.7. The van der Waals surface area contributed by atoms with Gasteiger partial charge in [-0.25, -0.2) is 14.4 Å². The maximum Gasteiger partial charge on any atom is 0.514 e. The number of aliphatic carboxylic acids is 1. The van der Waals surface area contributed by atoms with Crippen molar-refractivity contribution in [2.24, 2.45) is 0 Å². The number of esters is 1. The average molecular weight is 568 g/mol. The summed E-state index contributed by atoms with van der Waals surface area (Å²) in [6, 6.07) is 3.86. The van der Waals surface area contributed by atoms with Gasteiger partial charge >= 0.3 is 24.2 Å². The minimum atomic E-state index is -2.09. The van der Waals surface area contributed by atoms with Crippen LogP contribution in [0.3, 0.4) is 0 Å². The SMILES string of the molecule is CCCCCC(=O)O[C@](Cc1ccc(OC(=O)OC(C)CC)c(OC(=O)OC(C)CC)c1)(NC(C)CC)C(=O)O. The predicted molar refractivity (Wildman–Crippen MR) is 147 cm³/mol. The molecule has 0 heterocycles. The highest BCUT2D eigenvalue weighted by molar-refractivity contribution is 5.82. The molecule has 0 amide bonds. The highest BCUT2D eigenvalue weighted by atomic mass is 16.7. The lowest BCUT2D eigenvalue weighted by atomic mass is 10.00. The number of rotatable bonds is 17. The molecule has 1 aromatic carbocycles. The third-order valence-electron chi connectivity index (χ3n) is 6.30. The fourth-order valence-corrected chi connectivity index (χ4v) is 3.40. The fraction of sp³-hybridized carbons (Fsp3) is 0.655. The number of benzene rings is 1. The number of unbranched alkanes of at least 4 members (excludes halogenated alkanes) is 2. The second-order valence-electron chi connectivity index (χ2n) is 9.85. The van der Waals surface area contributed by atoms with E-state index in [2.05, 4.69) is 5.32 Å². The van der Waals surface area contributed by atoms with Crippen LogP contribution in [-0.2, 0) is 30.2 Å². The molecule has 0 saturated heterocycles. The van der Waals surface area contributed by atoms with Gasteiger partial charge in [0.15, 0.2) is 11.5 Å². The molecule has 0 saturated carbocycles. The Balaban J connectivity index is 3.42. The quantitative estimate of drug-likeness (QED) is 0.0734. The summed E-state index contributed by atoms with van der Waals surface area (Å²) in [5.74, 6) is -2.35. The predicted octanol–water partition coefficient (Wildman–Crippen LogP) is 6.15. The van der Waals surface area contributed by atoms with E-state index >= 15 is 0 Å². The van der Waals surface area contributed by atoms with E-state index in [1.165, 1.54) is 18.2 Å². The second-order valence-corrected chi connectivity index (χ2v) is 9.85. The second kappa shape index (κ2) is 17.4. The van der Waals surface area contributed by atoms with Crippen LogP contribution in [0.25, 0.3) is 0 Å². The summed E-state index contributed by atoms with van der Waals surface area (Å²) in [6.07, 6.45) is 0.870. The molecule has 4 atom stereocenters. The maximum atomic E-state index is 12.6. The molecule has 0 bridgehead atoms. The van der Waals surface area contributed by atoms with E-state index < -0.39 is 42.2 Å². The number of ether oxygens (including phenoxy) is 5. The zero-order chi connectivity index (χ0) is 30.3. The Bertz CT molecular complexity index is 982. The molecule has 1 aromatic rings. The lowest BCUT2D eigenvalue weighted by molar-refractivity contribution is -0.184. The lowest BCUT2D eigenvalue weighted by Gasteiger charge is -2.33. The number of carboxylic acid groups (broad SMARTS) is 1. The van der Waals surface area contributed by atoms with E-state index in [-0.39, 0.29) is 30.4 Å². The van der Waals surface area contributed by atoms with Crippen LogP contribution in [0.2, 0.25) is 0 Å². The van der Waals surface area contributed by atoms with Crippen molar-refractivity contribution < 1.29 is 48.0 Å². The van der Waals surface area contributed by atoms with Crippen LogP contribution in [0, 0.1) is 0 Å². The molecule has 0 fully saturated rings. The van der Waals surface area contributed by atoms with Crippen molar-refractivity contribution in [2.75, 3.05) is 0 Å². The zero-order valence-electron chi connectivity index (χ0n) is 24.7. The Morgan fingerprint density at radius 2 is 1.43 bits per heavy atom. The van der Waals surface area contributed by atoms with Crippen molar-refractivity contribution in [3.05, 3.63) is 23.8 Å². The van der Waals surface area contributed by atoms with E-state index in [0.29, 0.717) is 31.2 Å². The number of carbonyl (C=O) groups excluding carboxylic acids is 3. The van der Waals surface area contributed by atoms with Crippen LogP contribution in [0.5, 0.6) is 11.5 Å². The van der Waals surface area contributed by atoms with Gasteiger partial charge in [-0.15, -0.1) is 0 Å². The van der Waals surface area contributed by atoms with Gasteiger partial charge in [0.05, 0.1) is 0 Å². The van der Waals surface area contributed by atoms with Crippen LogP contribution in [0.4, 0.5) is 9.59 Å². The van der Waals surface area contributed by atoms with E-state index in [9.17, 15) is 24.3 Å². The number of carboxylic acids is 1. The summed E-state index contributed by atoms with van der Waals surface area (Å²) >= 11 is 0. The zero-order valence-corrected chi connectivity index (χ0v) is 24.7. The minimum absolute atomic E-state index is 0.0753. The third-order valence-corrected chi connectivity index (χ3v) is 6.30. The number of nitrogens with one attached hydrogen (secondary N) is 1. The molecule has 0 radical (unpaired) electrons. The molecule has 3 unspecified atom stereocenters. The Morgan fingerprint density at radius 3 is 1.93 bits per heavy atom. The minimum Gasteiger partial charge on any atom is -0.477 e. The third kappa shape index (κ3) is 11.8. The normalized spacial score (nSPS) is 14.7. The van der Waals surface area contributed by atoms with Crippen molar-refractivity contribution in [1.29, 1.82) is 0 Å². The standard InChI is InChI=1S/C29H45NO10/c1-8-12-13-14-25(31)40-29(26(32)33,30-19(5)9-2)18-22-15-16-23(38-27(34)36-20(6)10-3)24(17-22)39-28(35)37-21(7)11-4/h15-17,19-21,30H,8-14,18H2,1-7H3,(H,32,33)/t19?,20?,21?,29-/m0/s1. The van der Waals surface area contributed by atoms with E-state index in [4.69, 9.17) is 23.7 Å². The van der Waals surface area contributed by atoms with Gasteiger partial charge in [0.1, 0.15) is 12.2 Å². The number of hydrogen-bond acceptors (Lipinski definition) is 10. The van der Waals surface area contributed by atoms with Gasteiger partial charge < -0.3 is 28.8 Å². The maximum absolute atomic E-state index is 12.6. The number of hydrogen-bond donors (Lipinski definition) is 2. The molecule has 0 aliphatic rings. The molecule has 0 spiro atoms. The van der Waals surface area contributed by atoms with Gasteiger partial charge in [0.25, 0.3) is 5.72 Å². The summed E-state index contributed by atoms with van der Waals surface area (Å²) in [7, 11) is 0. The fourth-order valence-electron chi connectivity index (χ4n) is 3.40. The largest absolute Gasteiger partial charge is 0.514 e. The smallest absolute Gasteiger partial charge is 0.477 e. The highest BCUT2D eigenvalue weighted by Gasteiger charge is 2.44. The van der Waals surface area contributed by atoms with Crippen LogP contribution in [0.1, 0.15) is 99.0 Å². The van der Waals surface area contributed by atoms with Crippen LogP contribution in [-0.4, -0.2) is 53.3 Å². The van der Waals surface area contributed by atoms with Crippen molar-refractivity contribution >= 4 is 24.2 Å². The Labute approximate surface area is 236 Å². The molecule has 40 heavy (non-hydrogen) atoms. The molecule has 2 N–H and O–H groups in total. The molecule has 11 nitrogen and oxygen atoms in total. The monoisotopic (exact) mass is 567 g/mol. The summed E-state index contributed by atoms with van der Waals surface area (Å²) < 4.78 is 26.5. The van der Waals surface area contributed by atoms with Gasteiger partial charge in [-0.05, 0) is 64.2 Å². The summed E-state index contributed by atoms with van der Waals surface area (Å²) in [5, 5.41) is 13.2. The van der Waals surface area contributed by atoms with Gasteiger partial charge in [-0.3, -0.25) is 10.1 Å². The first-order valence-electron chi connectivity index (χ1n) is 14.0. The summed E-state index contributed by atoms with van der Waals surface area (Å²) in [4.78, 5) is 49.9. The van der Waals surface area contributed by atoms with Crippen LogP contribution < -0.4 is 14.8 Å². The molecule has 226 valence electrons. The molecule has 11 heteroatoms.